The van der Waals surface area contributed by atoms with Gasteiger partial charge in [0.2, 0.25) is 0 Å². The van der Waals surface area contributed by atoms with Crippen LogP contribution in [0.3, 0.4) is 0 Å². The first-order valence-electron chi connectivity index (χ1n) is 5.87. The van der Waals surface area contributed by atoms with Crippen LogP contribution in [-0.4, -0.2) is 11.7 Å². The van der Waals surface area contributed by atoms with Crippen molar-refractivity contribution in [2.45, 2.75) is 33.3 Å². The number of halogens is 1. The van der Waals surface area contributed by atoms with Gasteiger partial charge in [-0.25, -0.2) is 4.39 Å². The largest absolute Gasteiger partial charge is 0.493 e. The van der Waals surface area contributed by atoms with Crippen molar-refractivity contribution < 1.29 is 14.2 Å². The Morgan fingerprint density at radius 2 is 2.17 bits per heavy atom. The molecule has 0 spiro atoms. The zero-order valence-electron chi connectivity index (χ0n) is 10.9. The number of rotatable bonds is 5. The highest BCUT2D eigenvalue weighted by Crippen LogP contribution is 2.23. The number of nitrogens with zero attached hydrogens (tertiary/aromatic N) is 1. The van der Waals surface area contributed by atoms with E-state index >= 15 is 0 Å². The lowest BCUT2D eigenvalue weighted by atomic mass is 9.92. The fraction of sp³-hybridized carbons (Fsp3) is 0.500. The standard InChI is InChI=1S/C14H18FNO2/c1-10(17)12-5-4-11(8-13(12)15)18-7-6-14(2,3)9-16/h4-5,8,10,17H,6-7H2,1-3H3/t10-/m1/s1. The molecule has 0 bridgehead atoms. The Bertz CT molecular complexity index is 450. The molecule has 18 heavy (non-hydrogen) atoms. The van der Waals surface area contributed by atoms with E-state index in [1.807, 2.05) is 13.8 Å². The van der Waals surface area contributed by atoms with Gasteiger partial charge < -0.3 is 9.84 Å². The second kappa shape index (κ2) is 5.83. The highest BCUT2D eigenvalue weighted by molar-refractivity contribution is 5.30. The number of aliphatic hydroxyl groups is 1. The first-order chi connectivity index (χ1) is 8.35. The molecule has 0 aliphatic rings. The lowest BCUT2D eigenvalue weighted by Crippen LogP contribution is -2.13. The van der Waals surface area contributed by atoms with Crippen LogP contribution >= 0.6 is 0 Å². The zero-order valence-corrected chi connectivity index (χ0v) is 10.9. The van der Waals surface area contributed by atoms with Gasteiger partial charge in [0.25, 0.3) is 0 Å². The van der Waals surface area contributed by atoms with E-state index in [-0.39, 0.29) is 5.56 Å². The van der Waals surface area contributed by atoms with Crippen LogP contribution in [0.15, 0.2) is 18.2 Å². The molecule has 3 nitrogen and oxygen atoms in total. The van der Waals surface area contributed by atoms with Crippen molar-refractivity contribution in [3.63, 3.8) is 0 Å². The van der Waals surface area contributed by atoms with E-state index in [0.29, 0.717) is 18.8 Å². The zero-order chi connectivity index (χ0) is 13.8. The van der Waals surface area contributed by atoms with Gasteiger partial charge >= 0.3 is 0 Å². The summed E-state index contributed by atoms with van der Waals surface area (Å²) in [6.07, 6.45) is -0.264. The van der Waals surface area contributed by atoms with E-state index in [4.69, 9.17) is 10.00 Å². The van der Waals surface area contributed by atoms with E-state index in [0.717, 1.165) is 0 Å². The van der Waals surface area contributed by atoms with E-state index in [1.165, 1.54) is 19.1 Å². The van der Waals surface area contributed by atoms with Gasteiger partial charge in [-0.3, -0.25) is 0 Å². The second-order valence-electron chi connectivity index (χ2n) is 4.95. The normalized spacial score (nSPS) is 12.9. The number of ether oxygens (including phenoxy) is 1. The molecule has 0 fully saturated rings. The summed E-state index contributed by atoms with van der Waals surface area (Å²) in [6, 6.07) is 6.55. The van der Waals surface area contributed by atoms with Crippen molar-refractivity contribution >= 4 is 0 Å². The molecular weight excluding hydrogens is 233 g/mol. The van der Waals surface area contributed by atoms with Crippen molar-refractivity contribution in [3.05, 3.63) is 29.6 Å². The first kappa shape index (κ1) is 14.5. The predicted octanol–water partition coefficient (Wildman–Crippen LogP) is 3.20. The minimum Gasteiger partial charge on any atom is -0.493 e. The van der Waals surface area contributed by atoms with Crippen LogP contribution in [0.4, 0.5) is 4.39 Å². The van der Waals surface area contributed by atoms with Crippen molar-refractivity contribution in [3.8, 4) is 11.8 Å². The third-order valence-electron chi connectivity index (χ3n) is 2.72. The van der Waals surface area contributed by atoms with Gasteiger partial charge in [0.1, 0.15) is 11.6 Å². The van der Waals surface area contributed by atoms with Crippen molar-refractivity contribution in [1.82, 2.24) is 0 Å². The quantitative estimate of drug-likeness (QED) is 0.874. The van der Waals surface area contributed by atoms with E-state index in [2.05, 4.69) is 6.07 Å². The van der Waals surface area contributed by atoms with Gasteiger partial charge in [0, 0.05) is 11.6 Å². The molecular formula is C14H18FNO2. The molecule has 4 heteroatoms. The number of nitriles is 1. The molecule has 1 aromatic rings. The minimum atomic E-state index is -0.837. The van der Waals surface area contributed by atoms with Gasteiger partial charge in [-0.15, -0.1) is 0 Å². The van der Waals surface area contributed by atoms with Gasteiger partial charge in [-0.1, -0.05) is 0 Å². The van der Waals surface area contributed by atoms with E-state index in [9.17, 15) is 9.50 Å². The van der Waals surface area contributed by atoms with Crippen LogP contribution in [0.1, 0.15) is 38.9 Å². The van der Waals surface area contributed by atoms with E-state index < -0.39 is 17.3 Å². The van der Waals surface area contributed by atoms with Crippen LogP contribution in [0.25, 0.3) is 0 Å². The van der Waals surface area contributed by atoms with Crippen LogP contribution in [-0.2, 0) is 0 Å². The SMILES string of the molecule is C[C@@H](O)c1ccc(OCCC(C)(C)C#N)cc1F. The lowest BCUT2D eigenvalue weighted by Gasteiger charge is -2.15. The monoisotopic (exact) mass is 251 g/mol. The summed E-state index contributed by atoms with van der Waals surface area (Å²) in [5.74, 6) is -0.0762. The molecule has 1 atom stereocenters. The topological polar surface area (TPSA) is 53.2 Å². The smallest absolute Gasteiger partial charge is 0.132 e. The Morgan fingerprint density at radius 1 is 1.50 bits per heavy atom. The van der Waals surface area contributed by atoms with Crippen LogP contribution < -0.4 is 4.74 Å². The summed E-state index contributed by atoms with van der Waals surface area (Å²) in [4.78, 5) is 0. The molecule has 0 aliphatic carbocycles. The van der Waals surface area contributed by atoms with Gasteiger partial charge in [-0.2, -0.15) is 5.26 Å². The number of hydrogen-bond acceptors (Lipinski definition) is 3. The summed E-state index contributed by atoms with van der Waals surface area (Å²) >= 11 is 0. The third-order valence-corrected chi connectivity index (χ3v) is 2.72. The molecule has 1 N–H and O–H groups in total. The lowest BCUT2D eigenvalue weighted by molar-refractivity contribution is 0.193. The van der Waals surface area contributed by atoms with E-state index in [1.54, 1.807) is 6.07 Å². The molecule has 0 aliphatic heterocycles. The molecule has 0 heterocycles. The Labute approximate surface area is 107 Å². The third kappa shape index (κ3) is 4.01. The minimum absolute atomic E-state index is 0.250. The molecule has 0 aromatic heterocycles. The first-order valence-corrected chi connectivity index (χ1v) is 5.87. The van der Waals surface area contributed by atoms with Crippen molar-refractivity contribution in [2.24, 2.45) is 5.41 Å². The summed E-state index contributed by atoms with van der Waals surface area (Å²) in [7, 11) is 0. The van der Waals surface area contributed by atoms with Crippen molar-refractivity contribution in [1.29, 1.82) is 5.26 Å². The molecule has 1 aromatic carbocycles. The van der Waals surface area contributed by atoms with Crippen molar-refractivity contribution in [2.75, 3.05) is 6.61 Å². The predicted molar refractivity (Wildman–Crippen MR) is 66.5 cm³/mol. The van der Waals surface area contributed by atoms with Crippen LogP contribution in [0.5, 0.6) is 5.75 Å². The van der Waals surface area contributed by atoms with Gasteiger partial charge in [0.05, 0.1) is 24.2 Å². The fourth-order valence-corrected chi connectivity index (χ4v) is 1.42. The molecule has 0 amide bonds. The summed E-state index contributed by atoms with van der Waals surface area (Å²) in [5, 5.41) is 18.1. The highest BCUT2D eigenvalue weighted by atomic mass is 19.1. The molecule has 0 saturated carbocycles. The summed E-state index contributed by atoms with van der Waals surface area (Å²) in [5.41, 5.74) is -0.197. The number of aliphatic hydroxyl groups excluding tert-OH is 1. The second-order valence-corrected chi connectivity index (χ2v) is 4.95. The Kier molecular flexibility index (Phi) is 4.69. The Hall–Kier alpha value is -1.60. The fourth-order valence-electron chi connectivity index (χ4n) is 1.42. The van der Waals surface area contributed by atoms with Crippen LogP contribution in [0.2, 0.25) is 0 Å². The average Bonchev–Trinajstić information content (AvgIpc) is 2.28. The maximum absolute atomic E-state index is 13.5. The maximum Gasteiger partial charge on any atom is 0.132 e. The Balaban J connectivity index is 2.60. The number of hydrogen-bond donors (Lipinski definition) is 1. The van der Waals surface area contributed by atoms with Gasteiger partial charge in [0.15, 0.2) is 0 Å². The number of benzene rings is 1. The maximum atomic E-state index is 13.5. The molecule has 1 rings (SSSR count). The molecule has 0 saturated heterocycles. The molecule has 0 unspecified atom stereocenters. The Morgan fingerprint density at radius 3 is 2.67 bits per heavy atom. The summed E-state index contributed by atoms with van der Waals surface area (Å²) < 4.78 is 18.9. The highest BCUT2D eigenvalue weighted by Gasteiger charge is 2.16. The van der Waals surface area contributed by atoms with Crippen LogP contribution in [0, 0.1) is 22.6 Å². The average molecular weight is 251 g/mol. The molecule has 0 radical (unpaired) electrons. The summed E-state index contributed by atoms with van der Waals surface area (Å²) in [6.45, 7) is 5.52. The molecule has 98 valence electrons. The van der Waals surface area contributed by atoms with Gasteiger partial charge in [-0.05, 0) is 39.3 Å².